The van der Waals surface area contributed by atoms with Crippen LogP contribution in [0.3, 0.4) is 0 Å². The second kappa shape index (κ2) is 9.32. The molecule has 2 aromatic carbocycles. The first-order valence-corrected chi connectivity index (χ1v) is 8.88. The molecule has 0 spiro atoms. The fourth-order valence-corrected chi connectivity index (χ4v) is 2.54. The van der Waals surface area contributed by atoms with E-state index in [1.165, 1.54) is 7.11 Å². The minimum atomic E-state index is -0.639. The van der Waals surface area contributed by atoms with Crippen molar-refractivity contribution in [3.8, 4) is 17.4 Å². The fraction of sp³-hybridized carbons (Fsp3) is 0.150. The summed E-state index contributed by atoms with van der Waals surface area (Å²) in [4.78, 5) is 30.7. The molecule has 3 aromatic rings. The number of hydrogen-bond acceptors (Lipinski definition) is 9. The fourth-order valence-electron chi connectivity index (χ4n) is 2.54. The summed E-state index contributed by atoms with van der Waals surface area (Å²) in [7, 11) is 1.46. The Labute approximate surface area is 171 Å². The molecule has 0 amide bonds. The molecule has 0 saturated carbocycles. The molecule has 0 bridgehead atoms. The zero-order valence-corrected chi connectivity index (χ0v) is 16.2. The summed E-state index contributed by atoms with van der Waals surface area (Å²) in [5.74, 6) is -0.0977. The molecule has 0 unspecified atom stereocenters. The Balaban J connectivity index is 1.89. The summed E-state index contributed by atoms with van der Waals surface area (Å²) in [5.41, 5.74) is 0.394. The number of nitrogens with one attached hydrogen (secondary N) is 1. The highest BCUT2D eigenvalue weighted by Gasteiger charge is 2.26. The van der Waals surface area contributed by atoms with Crippen molar-refractivity contribution in [2.24, 2.45) is 0 Å². The lowest BCUT2D eigenvalue weighted by molar-refractivity contribution is -0.385. The van der Waals surface area contributed by atoms with E-state index in [1.54, 1.807) is 55.5 Å². The van der Waals surface area contributed by atoms with E-state index in [9.17, 15) is 14.9 Å². The van der Waals surface area contributed by atoms with Crippen LogP contribution in [0.5, 0.6) is 17.4 Å². The average Bonchev–Trinajstić information content (AvgIpc) is 2.75. The van der Waals surface area contributed by atoms with Crippen molar-refractivity contribution in [3.63, 3.8) is 0 Å². The van der Waals surface area contributed by atoms with Gasteiger partial charge in [-0.3, -0.25) is 10.1 Å². The first-order chi connectivity index (χ1) is 14.5. The summed E-state index contributed by atoms with van der Waals surface area (Å²) >= 11 is 0. The highest BCUT2D eigenvalue weighted by atomic mass is 16.6. The molecule has 154 valence electrons. The van der Waals surface area contributed by atoms with Gasteiger partial charge in [0.2, 0.25) is 5.82 Å². The van der Waals surface area contributed by atoms with Gasteiger partial charge < -0.3 is 19.5 Å². The second-order valence-corrected chi connectivity index (χ2v) is 5.81. The molecule has 0 aliphatic carbocycles. The number of hydrogen-bond donors (Lipinski definition) is 1. The molecule has 0 aliphatic heterocycles. The lowest BCUT2D eigenvalue weighted by Crippen LogP contribution is -2.05. The van der Waals surface area contributed by atoms with Crippen molar-refractivity contribution in [1.29, 1.82) is 0 Å². The van der Waals surface area contributed by atoms with Gasteiger partial charge in [0.05, 0.1) is 24.2 Å². The first kappa shape index (κ1) is 20.5. The number of esters is 1. The average molecular weight is 410 g/mol. The molecule has 0 aliphatic rings. The third kappa shape index (κ3) is 4.61. The Morgan fingerprint density at radius 3 is 2.43 bits per heavy atom. The summed E-state index contributed by atoms with van der Waals surface area (Å²) in [6, 6.07) is 13.0. The number of carbonyl (C=O) groups excluding carboxylic acids is 1. The Morgan fingerprint density at radius 2 is 1.80 bits per heavy atom. The molecule has 1 heterocycles. The predicted molar refractivity (Wildman–Crippen MR) is 107 cm³/mol. The third-order valence-electron chi connectivity index (χ3n) is 3.91. The number of aromatic nitrogens is 2. The summed E-state index contributed by atoms with van der Waals surface area (Å²) in [5, 5.41) is 14.6. The Bertz CT molecular complexity index is 1060. The Hall–Kier alpha value is -4.21. The van der Waals surface area contributed by atoms with Crippen LogP contribution in [0.2, 0.25) is 0 Å². The molecule has 0 fully saturated rings. The number of benzene rings is 2. The highest BCUT2D eigenvalue weighted by molar-refractivity contribution is 5.90. The van der Waals surface area contributed by atoms with E-state index < -0.39 is 16.6 Å². The molecule has 1 aromatic heterocycles. The second-order valence-electron chi connectivity index (χ2n) is 5.81. The smallest absolute Gasteiger partial charge is 0.373 e. The van der Waals surface area contributed by atoms with E-state index in [4.69, 9.17) is 14.2 Å². The van der Waals surface area contributed by atoms with Gasteiger partial charge >= 0.3 is 17.5 Å². The molecule has 0 saturated heterocycles. The maximum absolute atomic E-state index is 11.7. The summed E-state index contributed by atoms with van der Waals surface area (Å²) in [6.45, 7) is 1.98. The van der Waals surface area contributed by atoms with Crippen LogP contribution in [0.15, 0.2) is 54.9 Å². The van der Waals surface area contributed by atoms with Crippen molar-refractivity contribution in [1.82, 2.24) is 9.97 Å². The topological polar surface area (TPSA) is 126 Å². The van der Waals surface area contributed by atoms with Gasteiger partial charge in [-0.05, 0) is 43.3 Å². The molecule has 10 nitrogen and oxygen atoms in total. The first-order valence-electron chi connectivity index (χ1n) is 8.88. The van der Waals surface area contributed by atoms with Gasteiger partial charge in [-0.15, -0.1) is 0 Å². The zero-order chi connectivity index (χ0) is 21.5. The lowest BCUT2D eigenvalue weighted by atomic mass is 10.2. The van der Waals surface area contributed by atoms with E-state index in [0.29, 0.717) is 17.0 Å². The van der Waals surface area contributed by atoms with Crippen LogP contribution >= 0.6 is 0 Å². The van der Waals surface area contributed by atoms with E-state index in [0.717, 1.165) is 6.33 Å². The molecule has 0 radical (unpaired) electrons. The third-order valence-corrected chi connectivity index (χ3v) is 3.91. The summed E-state index contributed by atoms with van der Waals surface area (Å²) < 4.78 is 15.8. The van der Waals surface area contributed by atoms with Crippen LogP contribution in [-0.4, -0.2) is 34.6 Å². The zero-order valence-electron chi connectivity index (χ0n) is 16.2. The van der Waals surface area contributed by atoms with Crippen LogP contribution in [-0.2, 0) is 4.74 Å². The molecular weight excluding hydrogens is 392 g/mol. The van der Waals surface area contributed by atoms with E-state index in [1.807, 2.05) is 0 Å². The SMILES string of the molecule is CCOC(=O)c1ccc(Nc2ncnc(Oc3ccccc3OC)c2[N+](=O)[O-])cc1. The highest BCUT2D eigenvalue weighted by Crippen LogP contribution is 2.38. The number of carbonyl (C=O) groups is 1. The number of nitrogens with zero attached hydrogens (tertiary/aromatic N) is 3. The van der Waals surface area contributed by atoms with Gasteiger partial charge in [-0.1, -0.05) is 12.1 Å². The molecule has 1 N–H and O–H groups in total. The number of para-hydroxylation sites is 2. The van der Waals surface area contributed by atoms with E-state index >= 15 is 0 Å². The standard InChI is InChI=1S/C20H18N4O6/c1-3-29-20(25)13-8-10-14(11-9-13)23-18-17(24(26)27)19(22-12-21-18)30-16-7-5-4-6-15(16)28-2/h4-12H,3H2,1-2H3,(H,21,22,23). The molecule has 10 heteroatoms. The van der Waals surface area contributed by atoms with E-state index in [-0.39, 0.29) is 24.1 Å². The van der Waals surface area contributed by atoms with Crippen LogP contribution in [0.4, 0.5) is 17.2 Å². The molecule has 3 rings (SSSR count). The number of methoxy groups -OCH3 is 1. The van der Waals surface area contributed by atoms with Gasteiger partial charge in [0.15, 0.2) is 11.5 Å². The quantitative estimate of drug-likeness (QED) is 0.332. The summed E-state index contributed by atoms with van der Waals surface area (Å²) in [6.07, 6.45) is 1.15. The van der Waals surface area contributed by atoms with Gasteiger partial charge in [0.1, 0.15) is 6.33 Å². The van der Waals surface area contributed by atoms with Crippen LogP contribution in [0, 0.1) is 10.1 Å². The Morgan fingerprint density at radius 1 is 1.10 bits per heavy atom. The predicted octanol–water partition coefficient (Wildman–Crippen LogP) is 4.11. The Kier molecular flexibility index (Phi) is 6.38. The van der Waals surface area contributed by atoms with Crippen molar-refractivity contribution >= 4 is 23.2 Å². The maximum Gasteiger partial charge on any atom is 0.373 e. The largest absolute Gasteiger partial charge is 0.493 e. The van der Waals surface area contributed by atoms with Crippen LogP contribution < -0.4 is 14.8 Å². The molecule has 30 heavy (non-hydrogen) atoms. The van der Waals surface area contributed by atoms with Gasteiger partial charge in [-0.2, -0.15) is 4.98 Å². The van der Waals surface area contributed by atoms with Crippen molar-refractivity contribution in [2.75, 3.05) is 19.0 Å². The lowest BCUT2D eigenvalue weighted by Gasteiger charge is -2.11. The van der Waals surface area contributed by atoms with E-state index in [2.05, 4.69) is 15.3 Å². The number of anilines is 2. The van der Waals surface area contributed by atoms with Gasteiger partial charge in [0, 0.05) is 5.69 Å². The molecule has 0 atom stereocenters. The van der Waals surface area contributed by atoms with Crippen molar-refractivity contribution in [3.05, 3.63) is 70.5 Å². The monoisotopic (exact) mass is 410 g/mol. The maximum atomic E-state index is 11.7. The minimum absolute atomic E-state index is 0.0659. The van der Waals surface area contributed by atoms with Crippen LogP contribution in [0.1, 0.15) is 17.3 Å². The van der Waals surface area contributed by atoms with Crippen molar-refractivity contribution < 1.29 is 23.9 Å². The number of rotatable bonds is 8. The number of ether oxygens (including phenoxy) is 3. The van der Waals surface area contributed by atoms with Crippen molar-refractivity contribution in [2.45, 2.75) is 6.92 Å². The number of nitro groups is 1. The van der Waals surface area contributed by atoms with Gasteiger partial charge in [-0.25, -0.2) is 9.78 Å². The minimum Gasteiger partial charge on any atom is -0.493 e. The molecular formula is C20H18N4O6. The van der Waals surface area contributed by atoms with Crippen LogP contribution in [0.25, 0.3) is 0 Å². The normalized spacial score (nSPS) is 10.2. The van der Waals surface area contributed by atoms with Gasteiger partial charge in [0.25, 0.3) is 0 Å².